The number of halogens is 2. The fourth-order valence-corrected chi connectivity index (χ4v) is 4.59. The fraction of sp³-hybridized carbons (Fsp3) is 0.0435. The molecule has 0 aliphatic heterocycles. The molecule has 148 valence electrons. The van der Waals surface area contributed by atoms with Gasteiger partial charge in [-0.05, 0) is 60.2 Å². The van der Waals surface area contributed by atoms with Crippen molar-refractivity contribution in [2.45, 2.75) is 6.54 Å². The molecule has 0 fully saturated rings. The number of carbonyl (C=O) groups excluding carboxylic acids is 1. The topological polar surface area (TPSA) is 46.4 Å². The maximum Gasteiger partial charge on any atom is 0.251 e. The molecule has 7 heteroatoms. The molecular formula is C23H15ClFN3OS. The lowest BCUT2D eigenvalue weighted by molar-refractivity contribution is 0.0951. The number of carbonyl (C=O) groups is 1. The number of hydrogen-bond donors (Lipinski definition) is 1. The minimum absolute atomic E-state index is 0.144. The number of hydrogen-bond acceptors (Lipinski definition) is 3. The van der Waals surface area contributed by atoms with E-state index in [1.54, 1.807) is 24.3 Å². The van der Waals surface area contributed by atoms with Gasteiger partial charge in [-0.1, -0.05) is 35.1 Å². The van der Waals surface area contributed by atoms with Crippen LogP contribution in [0.5, 0.6) is 0 Å². The monoisotopic (exact) mass is 435 g/mol. The quantitative estimate of drug-likeness (QED) is 0.380. The highest BCUT2D eigenvalue weighted by atomic mass is 35.5. The normalized spacial score (nSPS) is 11.3. The summed E-state index contributed by atoms with van der Waals surface area (Å²) in [5.41, 5.74) is 4.15. The Morgan fingerprint density at radius 1 is 1.10 bits per heavy atom. The van der Waals surface area contributed by atoms with Gasteiger partial charge in [0.05, 0.1) is 15.9 Å². The minimum atomic E-state index is -0.272. The predicted molar refractivity (Wildman–Crippen MR) is 119 cm³/mol. The van der Waals surface area contributed by atoms with Crippen molar-refractivity contribution in [2.24, 2.45) is 0 Å². The van der Waals surface area contributed by atoms with Crippen LogP contribution >= 0.6 is 22.9 Å². The van der Waals surface area contributed by atoms with Crippen LogP contribution in [0.15, 0.2) is 72.9 Å². The number of rotatable bonds is 4. The SMILES string of the molecule is O=C(NCc1cccc(Cl)c1)c1ccc2c(c1)sc1nc(-c3ccc(F)cc3)cn12. The average molecular weight is 436 g/mol. The highest BCUT2D eigenvalue weighted by Crippen LogP contribution is 2.30. The number of benzene rings is 3. The molecule has 1 amide bonds. The lowest BCUT2D eigenvalue weighted by atomic mass is 10.1. The summed E-state index contributed by atoms with van der Waals surface area (Å²) in [5, 5.41) is 3.57. The molecule has 0 saturated heterocycles. The van der Waals surface area contributed by atoms with Crippen LogP contribution in [0.2, 0.25) is 5.02 Å². The van der Waals surface area contributed by atoms with Crippen molar-refractivity contribution >= 4 is 44.0 Å². The van der Waals surface area contributed by atoms with Gasteiger partial charge in [0.2, 0.25) is 0 Å². The number of imidazole rings is 1. The molecular weight excluding hydrogens is 421 g/mol. The summed E-state index contributed by atoms with van der Waals surface area (Å²) < 4.78 is 16.1. The summed E-state index contributed by atoms with van der Waals surface area (Å²) in [4.78, 5) is 18.0. The second kappa shape index (κ2) is 7.55. The van der Waals surface area contributed by atoms with E-state index in [0.29, 0.717) is 17.1 Å². The first kappa shape index (κ1) is 18.8. The second-order valence-electron chi connectivity index (χ2n) is 6.88. The predicted octanol–water partition coefficient (Wildman–Crippen LogP) is 5.94. The van der Waals surface area contributed by atoms with E-state index in [-0.39, 0.29) is 11.7 Å². The highest BCUT2D eigenvalue weighted by molar-refractivity contribution is 7.23. The summed E-state index contributed by atoms with van der Waals surface area (Å²) in [5.74, 6) is -0.415. The maximum absolute atomic E-state index is 13.2. The van der Waals surface area contributed by atoms with Gasteiger partial charge in [-0.25, -0.2) is 9.37 Å². The molecule has 0 spiro atoms. The molecule has 0 aliphatic rings. The van der Waals surface area contributed by atoms with Gasteiger partial charge in [-0.15, -0.1) is 0 Å². The van der Waals surface area contributed by atoms with Gasteiger partial charge in [0.1, 0.15) is 5.82 Å². The van der Waals surface area contributed by atoms with E-state index in [1.807, 2.05) is 40.9 Å². The molecule has 2 heterocycles. The van der Waals surface area contributed by atoms with E-state index in [4.69, 9.17) is 11.6 Å². The van der Waals surface area contributed by atoms with E-state index in [9.17, 15) is 9.18 Å². The summed E-state index contributed by atoms with van der Waals surface area (Å²) in [7, 11) is 0. The molecule has 0 saturated carbocycles. The molecule has 0 atom stereocenters. The smallest absolute Gasteiger partial charge is 0.251 e. The van der Waals surface area contributed by atoms with Crippen molar-refractivity contribution in [2.75, 3.05) is 0 Å². The molecule has 3 aromatic carbocycles. The van der Waals surface area contributed by atoms with Crippen molar-refractivity contribution in [1.29, 1.82) is 0 Å². The Bertz CT molecular complexity index is 1390. The molecule has 5 rings (SSSR count). The van der Waals surface area contributed by atoms with E-state index in [0.717, 1.165) is 32.0 Å². The molecule has 0 unspecified atom stereocenters. The van der Waals surface area contributed by atoms with Crippen LogP contribution in [0, 0.1) is 5.82 Å². The Kier molecular flexibility index (Phi) is 4.73. The zero-order valence-corrected chi connectivity index (χ0v) is 17.2. The Labute approximate surface area is 180 Å². The Morgan fingerprint density at radius 3 is 2.73 bits per heavy atom. The van der Waals surface area contributed by atoms with Crippen LogP contribution in [0.4, 0.5) is 4.39 Å². The second-order valence-corrected chi connectivity index (χ2v) is 8.33. The molecule has 2 aromatic heterocycles. The number of thiazole rings is 1. The summed E-state index contributed by atoms with van der Waals surface area (Å²) in [6.07, 6.45) is 1.93. The van der Waals surface area contributed by atoms with E-state index < -0.39 is 0 Å². The van der Waals surface area contributed by atoms with Crippen LogP contribution < -0.4 is 5.32 Å². The number of nitrogens with zero attached hydrogens (tertiary/aromatic N) is 2. The van der Waals surface area contributed by atoms with Crippen molar-refractivity contribution in [1.82, 2.24) is 14.7 Å². The van der Waals surface area contributed by atoms with Crippen LogP contribution in [-0.4, -0.2) is 15.3 Å². The third-order valence-electron chi connectivity index (χ3n) is 4.84. The summed E-state index contributed by atoms with van der Waals surface area (Å²) in [6.45, 7) is 0.409. The Morgan fingerprint density at radius 2 is 1.93 bits per heavy atom. The molecule has 30 heavy (non-hydrogen) atoms. The van der Waals surface area contributed by atoms with E-state index >= 15 is 0 Å². The fourth-order valence-electron chi connectivity index (χ4n) is 3.33. The first-order valence-electron chi connectivity index (χ1n) is 9.27. The number of aromatic nitrogens is 2. The van der Waals surface area contributed by atoms with Crippen LogP contribution in [0.1, 0.15) is 15.9 Å². The standard InChI is InChI=1S/C23H15ClFN3OS/c24-17-3-1-2-14(10-17)12-26-22(29)16-6-9-20-21(11-16)30-23-27-19(13-28(20)23)15-4-7-18(25)8-5-15/h1-11,13H,12H2,(H,26,29). The van der Waals surface area contributed by atoms with Crippen molar-refractivity contribution in [3.05, 3.63) is 94.9 Å². The minimum Gasteiger partial charge on any atom is -0.348 e. The van der Waals surface area contributed by atoms with Crippen LogP contribution in [0.25, 0.3) is 26.4 Å². The zero-order chi connectivity index (χ0) is 20.7. The lowest BCUT2D eigenvalue weighted by Crippen LogP contribution is -2.22. The van der Waals surface area contributed by atoms with Gasteiger partial charge < -0.3 is 5.32 Å². The van der Waals surface area contributed by atoms with Crippen molar-refractivity contribution in [3.63, 3.8) is 0 Å². The first-order valence-corrected chi connectivity index (χ1v) is 10.5. The van der Waals surface area contributed by atoms with Gasteiger partial charge in [0.15, 0.2) is 4.96 Å². The lowest BCUT2D eigenvalue weighted by Gasteiger charge is -2.06. The van der Waals surface area contributed by atoms with Gasteiger partial charge in [0.25, 0.3) is 5.91 Å². The molecule has 5 aromatic rings. The molecule has 0 aliphatic carbocycles. The third-order valence-corrected chi connectivity index (χ3v) is 6.09. The van der Waals surface area contributed by atoms with Crippen molar-refractivity contribution < 1.29 is 9.18 Å². The van der Waals surface area contributed by atoms with Crippen LogP contribution in [-0.2, 0) is 6.54 Å². The zero-order valence-electron chi connectivity index (χ0n) is 15.6. The Hall–Kier alpha value is -3.22. The molecule has 4 nitrogen and oxygen atoms in total. The number of nitrogens with one attached hydrogen (secondary N) is 1. The van der Waals surface area contributed by atoms with Gasteiger partial charge >= 0.3 is 0 Å². The van der Waals surface area contributed by atoms with Crippen LogP contribution in [0.3, 0.4) is 0 Å². The summed E-state index contributed by atoms with van der Waals surface area (Å²) in [6, 6.07) is 19.3. The van der Waals surface area contributed by atoms with Gasteiger partial charge in [0, 0.05) is 28.9 Å². The summed E-state index contributed by atoms with van der Waals surface area (Å²) >= 11 is 7.50. The first-order chi connectivity index (χ1) is 14.6. The number of amides is 1. The van der Waals surface area contributed by atoms with Gasteiger partial charge in [-0.2, -0.15) is 0 Å². The van der Waals surface area contributed by atoms with E-state index in [1.165, 1.54) is 23.5 Å². The van der Waals surface area contributed by atoms with Crippen molar-refractivity contribution in [3.8, 4) is 11.3 Å². The third kappa shape index (κ3) is 3.56. The molecule has 0 bridgehead atoms. The molecule has 0 radical (unpaired) electrons. The van der Waals surface area contributed by atoms with E-state index in [2.05, 4.69) is 10.3 Å². The maximum atomic E-state index is 13.2. The molecule has 1 N–H and O–H groups in total. The Balaban J connectivity index is 1.40. The largest absolute Gasteiger partial charge is 0.348 e. The van der Waals surface area contributed by atoms with Gasteiger partial charge in [-0.3, -0.25) is 9.20 Å². The highest BCUT2D eigenvalue weighted by Gasteiger charge is 2.13. The number of fused-ring (bicyclic) bond motifs is 3. The average Bonchev–Trinajstić information content (AvgIpc) is 3.30.